The first-order valence-electron chi connectivity index (χ1n) is 4.95. The molecule has 16 heavy (non-hydrogen) atoms. The van der Waals surface area contributed by atoms with Crippen LogP contribution in [0, 0.1) is 5.82 Å². The summed E-state index contributed by atoms with van der Waals surface area (Å²) in [4.78, 5) is 0. The SMILES string of the molecule is NCc1cc(-c2cccc(Cl)c2)ccc1F. The summed E-state index contributed by atoms with van der Waals surface area (Å²) in [6, 6.07) is 12.3. The Kier molecular flexibility index (Phi) is 3.22. The maximum Gasteiger partial charge on any atom is 0.127 e. The summed E-state index contributed by atoms with van der Waals surface area (Å²) in [6.07, 6.45) is 0. The van der Waals surface area contributed by atoms with E-state index in [-0.39, 0.29) is 12.4 Å². The van der Waals surface area contributed by atoms with Crippen molar-refractivity contribution in [1.29, 1.82) is 0 Å². The number of rotatable bonds is 2. The van der Waals surface area contributed by atoms with Crippen LogP contribution in [0.15, 0.2) is 42.5 Å². The average Bonchev–Trinajstić information content (AvgIpc) is 2.29. The zero-order valence-electron chi connectivity index (χ0n) is 8.58. The molecule has 0 aromatic heterocycles. The van der Waals surface area contributed by atoms with E-state index in [1.54, 1.807) is 18.2 Å². The van der Waals surface area contributed by atoms with Crippen LogP contribution in [0.3, 0.4) is 0 Å². The van der Waals surface area contributed by atoms with Gasteiger partial charge < -0.3 is 5.73 Å². The minimum atomic E-state index is -0.270. The van der Waals surface area contributed by atoms with E-state index in [0.717, 1.165) is 11.1 Å². The lowest BCUT2D eigenvalue weighted by molar-refractivity contribution is 0.611. The molecule has 0 atom stereocenters. The van der Waals surface area contributed by atoms with Crippen LogP contribution in [0.4, 0.5) is 4.39 Å². The van der Waals surface area contributed by atoms with Gasteiger partial charge in [-0.3, -0.25) is 0 Å². The molecule has 0 spiro atoms. The Labute approximate surface area is 98.7 Å². The molecule has 2 rings (SSSR count). The zero-order valence-corrected chi connectivity index (χ0v) is 9.34. The van der Waals surface area contributed by atoms with Crippen molar-refractivity contribution in [2.24, 2.45) is 5.73 Å². The fourth-order valence-corrected chi connectivity index (χ4v) is 1.77. The molecule has 0 aliphatic heterocycles. The van der Waals surface area contributed by atoms with Crippen molar-refractivity contribution in [3.63, 3.8) is 0 Å². The Bertz CT molecular complexity index is 511. The van der Waals surface area contributed by atoms with Crippen LogP contribution in [0.5, 0.6) is 0 Å². The molecule has 0 saturated carbocycles. The predicted molar refractivity (Wildman–Crippen MR) is 64.7 cm³/mol. The summed E-state index contributed by atoms with van der Waals surface area (Å²) in [5.74, 6) is -0.270. The number of halogens is 2. The number of hydrogen-bond acceptors (Lipinski definition) is 1. The predicted octanol–water partition coefficient (Wildman–Crippen LogP) is 3.60. The molecule has 2 N–H and O–H groups in total. The third kappa shape index (κ3) is 2.23. The Balaban J connectivity index is 2.48. The molecule has 2 aromatic carbocycles. The molecule has 0 fully saturated rings. The molecular formula is C13H11ClFN. The highest BCUT2D eigenvalue weighted by molar-refractivity contribution is 6.30. The van der Waals surface area contributed by atoms with Crippen LogP contribution in [0.1, 0.15) is 5.56 Å². The van der Waals surface area contributed by atoms with Crippen molar-refractivity contribution in [2.45, 2.75) is 6.54 Å². The first-order valence-corrected chi connectivity index (χ1v) is 5.33. The fourth-order valence-electron chi connectivity index (χ4n) is 1.58. The molecule has 0 bridgehead atoms. The molecule has 1 nitrogen and oxygen atoms in total. The minimum absolute atomic E-state index is 0.195. The van der Waals surface area contributed by atoms with Crippen LogP contribution < -0.4 is 5.73 Å². The molecule has 0 heterocycles. The van der Waals surface area contributed by atoms with Crippen molar-refractivity contribution in [3.05, 3.63) is 58.9 Å². The van der Waals surface area contributed by atoms with Gasteiger partial charge in [0.05, 0.1) is 0 Å². The summed E-state index contributed by atoms with van der Waals surface area (Å²) in [6.45, 7) is 0.195. The molecule has 0 unspecified atom stereocenters. The van der Waals surface area contributed by atoms with Crippen LogP contribution in [-0.4, -0.2) is 0 Å². The molecule has 0 radical (unpaired) electrons. The number of hydrogen-bond donors (Lipinski definition) is 1. The zero-order chi connectivity index (χ0) is 11.5. The van der Waals surface area contributed by atoms with Gasteiger partial charge in [0.2, 0.25) is 0 Å². The van der Waals surface area contributed by atoms with Crippen LogP contribution in [-0.2, 0) is 6.54 Å². The van der Waals surface area contributed by atoms with Crippen molar-refractivity contribution in [3.8, 4) is 11.1 Å². The normalized spacial score (nSPS) is 10.4. The Hall–Kier alpha value is -1.38. The topological polar surface area (TPSA) is 26.0 Å². The van der Waals surface area contributed by atoms with Gasteiger partial charge in [0.1, 0.15) is 5.82 Å². The number of benzene rings is 2. The van der Waals surface area contributed by atoms with Crippen LogP contribution in [0.25, 0.3) is 11.1 Å². The van der Waals surface area contributed by atoms with Crippen molar-refractivity contribution in [2.75, 3.05) is 0 Å². The van der Waals surface area contributed by atoms with Gasteiger partial charge in [0, 0.05) is 17.1 Å². The van der Waals surface area contributed by atoms with E-state index in [2.05, 4.69) is 0 Å². The lowest BCUT2D eigenvalue weighted by Gasteiger charge is -2.05. The molecular weight excluding hydrogens is 225 g/mol. The van der Waals surface area contributed by atoms with Gasteiger partial charge in [-0.2, -0.15) is 0 Å². The van der Waals surface area contributed by atoms with E-state index in [1.165, 1.54) is 6.07 Å². The quantitative estimate of drug-likeness (QED) is 0.846. The lowest BCUT2D eigenvalue weighted by atomic mass is 10.0. The van der Waals surface area contributed by atoms with Gasteiger partial charge >= 0.3 is 0 Å². The van der Waals surface area contributed by atoms with Crippen LogP contribution >= 0.6 is 11.6 Å². The molecule has 82 valence electrons. The highest BCUT2D eigenvalue weighted by atomic mass is 35.5. The first-order chi connectivity index (χ1) is 7.70. The van der Waals surface area contributed by atoms with Crippen molar-refractivity contribution >= 4 is 11.6 Å². The minimum Gasteiger partial charge on any atom is -0.326 e. The Morgan fingerprint density at radius 3 is 2.50 bits per heavy atom. The van der Waals surface area contributed by atoms with E-state index >= 15 is 0 Å². The first kappa shape index (κ1) is 11.1. The van der Waals surface area contributed by atoms with E-state index in [9.17, 15) is 4.39 Å². The second-order valence-electron chi connectivity index (χ2n) is 3.52. The van der Waals surface area contributed by atoms with Gasteiger partial charge in [-0.25, -0.2) is 4.39 Å². The smallest absolute Gasteiger partial charge is 0.127 e. The summed E-state index contributed by atoms with van der Waals surface area (Å²) in [7, 11) is 0. The second-order valence-corrected chi connectivity index (χ2v) is 3.96. The van der Waals surface area contributed by atoms with Gasteiger partial charge in [0.15, 0.2) is 0 Å². The molecule has 0 aliphatic carbocycles. The van der Waals surface area contributed by atoms with Crippen molar-refractivity contribution in [1.82, 2.24) is 0 Å². The third-order valence-corrected chi connectivity index (χ3v) is 2.66. The molecule has 0 aliphatic rings. The van der Waals surface area contributed by atoms with Gasteiger partial charge in [-0.05, 0) is 35.4 Å². The van der Waals surface area contributed by atoms with E-state index in [0.29, 0.717) is 10.6 Å². The molecule has 2 aromatic rings. The molecule has 3 heteroatoms. The maximum absolute atomic E-state index is 13.3. The van der Waals surface area contributed by atoms with E-state index in [4.69, 9.17) is 17.3 Å². The largest absolute Gasteiger partial charge is 0.326 e. The highest BCUT2D eigenvalue weighted by Gasteiger charge is 2.04. The van der Waals surface area contributed by atoms with Crippen LogP contribution in [0.2, 0.25) is 5.02 Å². The Morgan fingerprint density at radius 2 is 1.81 bits per heavy atom. The van der Waals surface area contributed by atoms with E-state index < -0.39 is 0 Å². The summed E-state index contributed by atoms with van der Waals surface area (Å²) in [5, 5.41) is 0.663. The summed E-state index contributed by atoms with van der Waals surface area (Å²) in [5.41, 5.74) is 7.85. The summed E-state index contributed by atoms with van der Waals surface area (Å²) >= 11 is 5.90. The fraction of sp³-hybridized carbons (Fsp3) is 0.0769. The average molecular weight is 236 g/mol. The van der Waals surface area contributed by atoms with Gasteiger partial charge in [-0.15, -0.1) is 0 Å². The third-order valence-electron chi connectivity index (χ3n) is 2.42. The van der Waals surface area contributed by atoms with Crippen molar-refractivity contribution < 1.29 is 4.39 Å². The number of nitrogens with two attached hydrogens (primary N) is 1. The van der Waals surface area contributed by atoms with Gasteiger partial charge in [0.25, 0.3) is 0 Å². The lowest BCUT2D eigenvalue weighted by Crippen LogP contribution is -1.99. The standard InChI is InChI=1S/C13H11ClFN/c14-12-3-1-2-9(7-12)10-4-5-13(15)11(6-10)8-16/h1-7H,8,16H2. The molecule has 0 saturated heterocycles. The van der Waals surface area contributed by atoms with Gasteiger partial charge in [-0.1, -0.05) is 29.8 Å². The summed E-state index contributed by atoms with van der Waals surface area (Å²) < 4.78 is 13.3. The second kappa shape index (κ2) is 4.64. The maximum atomic E-state index is 13.3. The van der Waals surface area contributed by atoms with E-state index in [1.807, 2.05) is 18.2 Å². The highest BCUT2D eigenvalue weighted by Crippen LogP contribution is 2.24. The molecule has 0 amide bonds. The monoisotopic (exact) mass is 235 g/mol. The Morgan fingerprint density at radius 1 is 1.06 bits per heavy atom.